The SMILES string of the molecule is CC(C)(C(=O)C(=O)O)c1ccc(OCc2ccccc2)cc1. The molecule has 2 rings (SSSR count). The van der Waals surface area contributed by atoms with E-state index < -0.39 is 17.2 Å². The maximum Gasteiger partial charge on any atom is 0.373 e. The Morgan fingerprint density at radius 1 is 1.00 bits per heavy atom. The van der Waals surface area contributed by atoms with Crippen LogP contribution >= 0.6 is 0 Å². The van der Waals surface area contributed by atoms with Gasteiger partial charge in [-0.3, -0.25) is 4.79 Å². The van der Waals surface area contributed by atoms with Crippen LogP contribution in [0.4, 0.5) is 0 Å². The Bertz CT molecular complexity index is 657. The van der Waals surface area contributed by atoms with E-state index in [1.807, 2.05) is 30.3 Å². The number of ether oxygens (including phenoxy) is 1. The van der Waals surface area contributed by atoms with E-state index in [4.69, 9.17) is 9.84 Å². The van der Waals surface area contributed by atoms with Gasteiger partial charge in [0.1, 0.15) is 12.4 Å². The minimum Gasteiger partial charge on any atom is -0.489 e. The number of hydrogen-bond donors (Lipinski definition) is 1. The zero-order valence-electron chi connectivity index (χ0n) is 12.6. The van der Waals surface area contributed by atoms with Gasteiger partial charge in [0.05, 0.1) is 5.41 Å². The zero-order chi connectivity index (χ0) is 16.2. The van der Waals surface area contributed by atoms with Crippen LogP contribution in [0.5, 0.6) is 5.75 Å². The first kappa shape index (κ1) is 15.8. The molecule has 114 valence electrons. The average Bonchev–Trinajstić information content (AvgIpc) is 2.53. The molecule has 0 fully saturated rings. The van der Waals surface area contributed by atoms with Gasteiger partial charge in [-0.05, 0) is 37.1 Å². The number of rotatable bonds is 6. The average molecular weight is 298 g/mol. The molecule has 0 atom stereocenters. The molecule has 1 N–H and O–H groups in total. The Labute approximate surface area is 129 Å². The van der Waals surface area contributed by atoms with Crippen LogP contribution in [-0.2, 0) is 21.6 Å². The van der Waals surface area contributed by atoms with Crippen LogP contribution in [0.1, 0.15) is 25.0 Å². The van der Waals surface area contributed by atoms with E-state index in [-0.39, 0.29) is 0 Å². The highest BCUT2D eigenvalue weighted by Crippen LogP contribution is 2.26. The summed E-state index contributed by atoms with van der Waals surface area (Å²) in [7, 11) is 0. The zero-order valence-corrected chi connectivity index (χ0v) is 12.6. The molecule has 0 spiro atoms. The quantitative estimate of drug-likeness (QED) is 0.832. The Morgan fingerprint density at radius 2 is 1.59 bits per heavy atom. The largest absolute Gasteiger partial charge is 0.489 e. The molecule has 0 unspecified atom stereocenters. The molecule has 0 aliphatic heterocycles. The van der Waals surface area contributed by atoms with Crippen LogP contribution < -0.4 is 4.74 Å². The molecule has 0 saturated heterocycles. The van der Waals surface area contributed by atoms with Crippen LogP contribution in [0.25, 0.3) is 0 Å². The summed E-state index contributed by atoms with van der Waals surface area (Å²) in [6, 6.07) is 16.7. The van der Waals surface area contributed by atoms with Crippen LogP contribution in [0.15, 0.2) is 54.6 Å². The third kappa shape index (κ3) is 3.52. The molecule has 0 aromatic heterocycles. The summed E-state index contributed by atoms with van der Waals surface area (Å²) in [4.78, 5) is 22.6. The van der Waals surface area contributed by atoms with Gasteiger partial charge in [-0.25, -0.2) is 4.79 Å². The van der Waals surface area contributed by atoms with Crippen molar-refractivity contribution in [2.24, 2.45) is 0 Å². The number of carbonyl (C=O) groups excluding carboxylic acids is 1. The van der Waals surface area contributed by atoms with E-state index in [1.54, 1.807) is 38.1 Å². The summed E-state index contributed by atoms with van der Waals surface area (Å²) in [5.41, 5.74) is 0.643. The molecule has 4 heteroatoms. The number of hydrogen-bond acceptors (Lipinski definition) is 3. The van der Waals surface area contributed by atoms with Crippen molar-refractivity contribution < 1.29 is 19.4 Å². The topological polar surface area (TPSA) is 63.6 Å². The van der Waals surface area contributed by atoms with Gasteiger partial charge in [0, 0.05) is 0 Å². The Morgan fingerprint density at radius 3 is 2.14 bits per heavy atom. The highest BCUT2D eigenvalue weighted by Gasteiger charge is 2.34. The van der Waals surface area contributed by atoms with Crippen LogP contribution in [-0.4, -0.2) is 16.9 Å². The molecule has 2 aromatic carbocycles. The van der Waals surface area contributed by atoms with Crippen LogP contribution in [0.2, 0.25) is 0 Å². The third-order valence-electron chi connectivity index (χ3n) is 3.59. The summed E-state index contributed by atoms with van der Waals surface area (Å²) in [5.74, 6) is -1.58. The van der Waals surface area contributed by atoms with Crippen molar-refractivity contribution in [3.8, 4) is 5.75 Å². The normalized spacial score (nSPS) is 11.0. The Kier molecular flexibility index (Phi) is 4.61. The smallest absolute Gasteiger partial charge is 0.373 e. The lowest BCUT2D eigenvalue weighted by molar-refractivity contribution is -0.151. The monoisotopic (exact) mass is 298 g/mol. The molecular formula is C18H18O4. The Hall–Kier alpha value is -2.62. The van der Waals surface area contributed by atoms with E-state index in [9.17, 15) is 9.59 Å². The lowest BCUT2D eigenvalue weighted by atomic mass is 9.80. The third-order valence-corrected chi connectivity index (χ3v) is 3.59. The first-order chi connectivity index (χ1) is 10.4. The molecular weight excluding hydrogens is 280 g/mol. The van der Waals surface area contributed by atoms with E-state index in [0.29, 0.717) is 17.9 Å². The molecule has 0 amide bonds. The number of carbonyl (C=O) groups is 2. The van der Waals surface area contributed by atoms with Crippen LogP contribution in [0, 0.1) is 0 Å². The molecule has 4 nitrogen and oxygen atoms in total. The number of carboxylic acids is 1. The van der Waals surface area contributed by atoms with E-state index in [1.165, 1.54) is 0 Å². The number of ketones is 1. The van der Waals surface area contributed by atoms with E-state index >= 15 is 0 Å². The van der Waals surface area contributed by atoms with E-state index in [0.717, 1.165) is 5.56 Å². The minimum atomic E-state index is -1.42. The molecule has 0 bridgehead atoms. The molecule has 0 radical (unpaired) electrons. The van der Waals surface area contributed by atoms with Gasteiger partial charge in [0.25, 0.3) is 0 Å². The number of benzene rings is 2. The lowest BCUT2D eigenvalue weighted by Crippen LogP contribution is -2.34. The first-order valence-electron chi connectivity index (χ1n) is 6.96. The van der Waals surface area contributed by atoms with E-state index in [2.05, 4.69) is 0 Å². The van der Waals surface area contributed by atoms with Crippen LogP contribution in [0.3, 0.4) is 0 Å². The van der Waals surface area contributed by atoms with Gasteiger partial charge in [0.15, 0.2) is 0 Å². The molecule has 0 saturated carbocycles. The van der Waals surface area contributed by atoms with Gasteiger partial charge < -0.3 is 9.84 Å². The second-order valence-electron chi connectivity index (χ2n) is 5.56. The summed E-state index contributed by atoms with van der Waals surface area (Å²) in [5, 5.41) is 8.87. The van der Waals surface area contributed by atoms with Gasteiger partial charge in [0.2, 0.25) is 5.78 Å². The van der Waals surface area contributed by atoms with Crippen molar-refractivity contribution in [3.05, 3.63) is 65.7 Å². The summed E-state index contributed by atoms with van der Waals surface area (Å²) >= 11 is 0. The maximum atomic E-state index is 11.7. The summed E-state index contributed by atoms with van der Waals surface area (Å²) < 4.78 is 5.67. The van der Waals surface area contributed by atoms with Crippen molar-refractivity contribution in [2.75, 3.05) is 0 Å². The number of Topliss-reactive ketones (excluding diaryl/α,β-unsaturated/α-hetero) is 1. The standard InChI is InChI=1S/C18H18O4/c1-18(2,16(19)17(20)21)14-8-10-15(11-9-14)22-12-13-6-4-3-5-7-13/h3-11H,12H2,1-2H3,(H,20,21). The second kappa shape index (κ2) is 6.43. The number of carboxylic acid groups (broad SMARTS) is 1. The van der Waals surface area contributed by atoms with Gasteiger partial charge in [-0.1, -0.05) is 42.5 Å². The lowest BCUT2D eigenvalue weighted by Gasteiger charge is -2.21. The molecule has 2 aromatic rings. The molecule has 22 heavy (non-hydrogen) atoms. The van der Waals surface area contributed by atoms with Crippen molar-refractivity contribution in [1.82, 2.24) is 0 Å². The fraction of sp³-hybridized carbons (Fsp3) is 0.222. The van der Waals surface area contributed by atoms with Crippen molar-refractivity contribution in [2.45, 2.75) is 25.9 Å². The first-order valence-corrected chi connectivity index (χ1v) is 6.96. The number of aliphatic carboxylic acids is 1. The van der Waals surface area contributed by atoms with Crippen molar-refractivity contribution in [1.29, 1.82) is 0 Å². The maximum absolute atomic E-state index is 11.7. The molecule has 0 aliphatic carbocycles. The highest BCUT2D eigenvalue weighted by molar-refractivity contribution is 6.36. The van der Waals surface area contributed by atoms with Gasteiger partial charge >= 0.3 is 5.97 Å². The van der Waals surface area contributed by atoms with Crippen molar-refractivity contribution in [3.63, 3.8) is 0 Å². The fourth-order valence-corrected chi connectivity index (χ4v) is 2.11. The predicted molar refractivity (Wildman–Crippen MR) is 82.9 cm³/mol. The predicted octanol–water partition coefficient (Wildman–Crippen LogP) is 3.20. The van der Waals surface area contributed by atoms with Gasteiger partial charge in [-0.15, -0.1) is 0 Å². The molecule has 0 aliphatic rings. The molecule has 0 heterocycles. The Balaban J connectivity index is 2.07. The summed E-state index contributed by atoms with van der Waals surface area (Å²) in [6.45, 7) is 3.66. The van der Waals surface area contributed by atoms with Gasteiger partial charge in [-0.2, -0.15) is 0 Å². The second-order valence-corrected chi connectivity index (χ2v) is 5.56. The fourth-order valence-electron chi connectivity index (χ4n) is 2.11. The summed E-state index contributed by atoms with van der Waals surface area (Å²) in [6.07, 6.45) is 0. The minimum absolute atomic E-state index is 0.456. The highest BCUT2D eigenvalue weighted by atomic mass is 16.5. The van der Waals surface area contributed by atoms with Crippen molar-refractivity contribution >= 4 is 11.8 Å².